The summed E-state index contributed by atoms with van der Waals surface area (Å²) in [6, 6.07) is 8.28. The molecule has 0 saturated heterocycles. The van der Waals surface area contributed by atoms with E-state index in [1.807, 2.05) is 12.1 Å². The van der Waals surface area contributed by atoms with Crippen LogP contribution in [0.4, 0.5) is 0 Å². The zero-order valence-electron chi connectivity index (χ0n) is 9.33. The van der Waals surface area contributed by atoms with Gasteiger partial charge in [0.2, 0.25) is 0 Å². The zero-order chi connectivity index (χ0) is 10.7. The molecule has 0 amide bonds. The molecule has 0 aromatic heterocycles. The van der Waals surface area contributed by atoms with Gasteiger partial charge in [0.25, 0.3) is 0 Å². The Bertz CT molecular complexity index is 331. The van der Waals surface area contributed by atoms with Crippen LogP contribution < -0.4 is 10.5 Å². The average Bonchev–Trinajstić information content (AvgIpc) is 2.97. The van der Waals surface area contributed by atoms with Crippen molar-refractivity contribution in [3.05, 3.63) is 29.8 Å². The second-order valence-electron chi connectivity index (χ2n) is 4.46. The van der Waals surface area contributed by atoms with E-state index >= 15 is 0 Å². The van der Waals surface area contributed by atoms with Gasteiger partial charge in [0.1, 0.15) is 5.75 Å². The Hall–Kier alpha value is -1.02. The van der Waals surface area contributed by atoms with Crippen molar-refractivity contribution >= 4 is 0 Å². The van der Waals surface area contributed by atoms with Crippen molar-refractivity contribution in [2.24, 2.45) is 5.73 Å². The summed E-state index contributed by atoms with van der Waals surface area (Å²) in [4.78, 5) is 0. The first kappa shape index (κ1) is 10.5. The number of benzene rings is 1. The van der Waals surface area contributed by atoms with Gasteiger partial charge in [-0.1, -0.05) is 19.1 Å². The largest absolute Gasteiger partial charge is 0.494 e. The van der Waals surface area contributed by atoms with Crippen LogP contribution in [0.15, 0.2) is 24.3 Å². The van der Waals surface area contributed by atoms with Gasteiger partial charge < -0.3 is 10.5 Å². The summed E-state index contributed by atoms with van der Waals surface area (Å²) < 4.78 is 5.68. The lowest BCUT2D eigenvalue weighted by Gasteiger charge is -2.10. The third kappa shape index (κ3) is 2.96. The zero-order valence-corrected chi connectivity index (χ0v) is 9.33. The standard InChI is InChI=1S/C13H19NO/c1-2-11-4-3-5-12(10-11)15-9-8-13(14)6-7-13/h3-5,10H,2,6-9,14H2,1H3. The predicted octanol–water partition coefficient (Wildman–Crippen LogP) is 2.51. The Morgan fingerprint density at radius 1 is 1.40 bits per heavy atom. The van der Waals surface area contributed by atoms with E-state index in [0.29, 0.717) is 0 Å². The number of ether oxygens (including phenoxy) is 1. The minimum Gasteiger partial charge on any atom is -0.494 e. The molecular weight excluding hydrogens is 186 g/mol. The van der Waals surface area contributed by atoms with Gasteiger partial charge >= 0.3 is 0 Å². The van der Waals surface area contributed by atoms with Crippen LogP contribution >= 0.6 is 0 Å². The molecule has 1 aliphatic carbocycles. The van der Waals surface area contributed by atoms with Crippen LogP contribution in [-0.2, 0) is 6.42 Å². The summed E-state index contributed by atoms with van der Waals surface area (Å²) in [5.74, 6) is 0.971. The quantitative estimate of drug-likeness (QED) is 0.801. The lowest BCUT2D eigenvalue weighted by atomic mass is 10.1. The SMILES string of the molecule is CCc1cccc(OCCC2(N)CC2)c1. The lowest BCUT2D eigenvalue weighted by molar-refractivity contribution is 0.293. The van der Waals surface area contributed by atoms with Gasteiger partial charge in [-0.15, -0.1) is 0 Å². The fraction of sp³-hybridized carbons (Fsp3) is 0.538. The van der Waals surface area contributed by atoms with Gasteiger partial charge in [-0.25, -0.2) is 0 Å². The molecule has 2 rings (SSSR count). The molecule has 0 spiro atoms. The molecule has 1 fully saturated rings. The molecule has 2 heteroatoms. The van der Waals surface area contributed by atoms with Gasteiger partial charge in [0, 0.05) is 5.54 Å². The van der Waals surface area contributed by atoms with Gasteiger partial charge in [-0.2, -0.15) is 0 Å². The monoisotopic (exact) mass is 205 g/mol. The first-order valence-corrected chi connectivity index (χ1v) is 5.72. The van der Waals surface area contributed by atoms with Crippen LogP contribution in [0.1, 0.15) is 31.7 Å². The number of rotatable bonds is 5. The van der Waals surface area contributed by atoms with Crippen molar-refractivity contribution < 1.29 is 4.74 Å². The van der Waals surface area contributed by atoms with Crippen molar-refractivity contribution in [3.63, 3.8) is 0 Å². The molecule has 1 saturated carbocycles. The Kier molecular flexibility index (Phi) is 2.96. The summed E-state index contributed by atoms with van der Waals surface area (Å²) in [6.45, 7) is 2.89. The smallest absolute Gasteiger partial charge is 0.119 e. The second-order valence-corrected chi connectivity index (χ2v) is 4.46. The van der Waals surface area contributed by atoms with Crippen LogP contribution in [0.5, 0.6) is 5.75 Å². The summed E-state index contributed by atoms with van der Waals surface area (Å²) in [7, 11) is 0. The van der Waals surface area contributed by atoms with Crippen molar-refractivity contribution in [1.82, 2.24) is 0 Å². The minimum atomic E-state index is 0.0996. The summed E-state index contributed by atoms with van der Waals surface area (Å²) in [6.07, 6.45) is 4.35. The van der Waals surface area contributed by atoms with Crippen molar-refractivity contribution in [2.45, 2.75) is 38.1 Å². The number of aryl methyl sites for hydroxylation is 1. The fourth-order valence-corrected chi connectivity index (χ4v) is 1.64. The van der Waals surface area contributed by atoms with E-state index in [-0.39, 0.29) is 5.54 Å². The summed E-state index contributed by atoms with van der Waals surface area (Å²) in [5.41, 5.74) is 7.41. The maximum Gasteiger partial charge on any atom is 0.119 e. The van der Waals surface area contributed by atoms with Gasteiger partial charge in [-0.05, 0) is 43.4 Å². The highest BCUT2D eigenvalue weighted by Gasteiger charge is 2.37. The Balaban J connectivity index is 1.82. The van der Waals surface area contributed by atoms with Gasteiger partial charge in [-0.3, -0.25) is 0 Å². The Morgan fingerprint density at radius 3 is 2.87 bits per heavy atom. The minimum absolute atomic E-state index is 0.0996. The van der Waals surface area contributed by atoms with Crippen molar-refractivity contribution in [3.8, 4) is 5.75 Å². The molecular formula is C13H19NO. The second kappa shape index (κ2) is 4.23. The van der Waals surface area contributed by atoms with E-state index in [0.717, 1.165) is 38.0 Å². The predicted molar refractivity (Wildman–Crippen MR) is 62.1 cm³/mol. The van der Waals surface area contributed by atoms with E-state index in [4.69, 9.17) is 10.5 Å². The van der Waals surface area contributed by atoms with E-state index < -0.39 is 0 Å². The van der Waals surface area contributed by atoms with Crippen LogP contribution in [0.3, 0.4) is 0 Å². The fourth-order valence-electron chi connectivity index (χ4n) is 1.64. The molecule has 0 aliphatic heterocycles. The summed E-state index contributed by atoms with van der Waals surface area (Å²) >= 11 is 0. The number of hydrogen-bond acceptors (Lipinski definition) is 2. The maximum absolute atomic E-state index is 5.99. The van der Waals surface area contributed by atoms with Crippen molar-refractivity contribution in [1.29, 1.82) is 0 Å². The maximum atomic E-state index is 5.99. The molecule has 0 unspecified atom stereocenters. The van der Waals surface area contributed by atoms with Crippen LogP contribution in [-0.4, -0.2) is 12.1 Å². The van der Waals surface area contributed by atoms with Crippen LogP contribution in [0.2, 0.25) is 0 Å². The first-order valence-electron chi connectivity index (χ1n) is 5.72. The normalized spacial score (nSPS) is 17.5. The molecule has 1 aliphatic rings. The molecule has 82 valence electrons. The summed E-state index contributed by atoms with van der Waals surface area (Å²) in [5, 5.41) is 0. The third-order valence-corrected chi connectivity index (χ3v) is 3.07. The highest BCUT2D eigenvalue weighted by Crippen LogP contribution is 2.35. The van der Waals surface area contributed by atoms with Crippen LogP contribution in [0.25, 0.3) is 0 Å². The van der Waals surface area contributed by atoms with Gasteiger partial charge in [0.05, 0.1) is 6.61 Å². The molecule has 2 N–H and O–H groups in total. The average molecular weight is 205 g/mol. The first-order chi connectivity index (χ1) is 7.22. The van der Waals surface area contributed by atoms with Crippen LogP contribution in [0, 0.1) is 0 Å². The molecule has 1 aromatic carbocycles. The van der Waals surface area contributed by atoms with Gasteiger partial charge in [0.15, 0.2) is 0 Å². The molecule has 0 heterocycles. The molecule has 1 aromatic rings. The topological polar surface area (TPSA) is 35.2 Å². The Labute approximate surface area is 91.4 Å². The van der Waals surface area contributed by atoms with E-state index in [1.54, 1.807) is 0 Å². The van der Waals surface area contributed by atoms with E-state index in [9.17, 15) is 0 Å². The number of nitrogens with two attached hydrogens (primary N) is 1. The molecule has 0 radical (unpaired) electrons. The lowest BCUT2D eigenvalue weighted by Crippen LogP contribution is -2.24. The molecule has 2 nitrogen and oxygen atoms in total. The Morgan fingerprint density at radius 2 is 2.20 bits per heavy atom. The molecule has 15 heavy (non-hydrogen) atoms. The molecule has 0 atom stereocenters. The highest BCUT2D eigenvalue weighted by molar-refractivity contribution is 5.28. The van der Waals surface area contributed by atoms with E-state index in [1.165, 1.54) is 5.56 Å². The molecule has 0 bridgehead atoms. The third-order valence-electron chi connectivity index (χ3n) is 3.07. The van der Waals surface area contributed by atoms with Crippen molar-refractivity contribution in [2.75, 3.05) is 6.61 Å². The number of hydrogen-bond donors (Lipinski definition) is 1. The van der Waals surface area contributed by atoms with E-state index in [2.05, 4.69) is 19.1 Å². The highest BCUT2D eigenvalue weighted by atomic mass is 16.5.